The van der Waals surface area contributed by atoms with Crippen LogP contribution in [0.25, 0.3) is 0 Å². The second-order valence-electron chi connectivity index (χ2n) is 7.03. The molecular formula is C17H26FeP2. The Morgan fingerprint density at radius 3 is 1.25 bits per heavy atom. The first kappa shape index (κ1) is 20.1. The van der Waals surface area contributed by atoms with Crippen molar-refractivity contribution in [1.29, 1.82) is 0 Å². The molecule has 1 heterocycles. The van der Waals surface area contributed by atoms with Crippen LogP contribution in [-0.4, -0.2) is 10.1 Å². The zero-order valence-corrected chi connectivity index (χ0v) is 16.5. The Bertz CT molecular complexity index is 440. The molecule has 0 unspecified atom stereocenters. The van der Waals surface area contributed by atoms with E-state index in [-0.39, 0.29) is 17.1 Å². The molecule has 0 nitrogen and oxygen atoms in total. The van der Waals surface area contributed by atoms with Gasteiger partial charge in [-0.25, -0.2) is 0 Å². The van der Waals surface area contributed by atoms with Gasteiger partial charge in [0.15, 0.2) is 0 Å². The number of aryl methyl sites for hydroxylation is 1. The van der Waals surface area contributed by atoms with Crippen molar-refractivity contribution in [3.8, 4) is 0 Å². The van der Waals surface area contributed by atoms with Crippen molar-refractivity contribution in [3.05, 3.63) is 35.9 Å². The summed E-state index contributed by atoms with van der Waals surface area (Å²) in [7, 11) is 3.04. The molecule has 0 saturated carbocycles. The Morgan fingerprint density at radius 2 is 1.05 bits per heavy atom. The molecular weight excluding hydrogens is 322 g/mol. The molecule has 0 fully saturated rings. The van der Waals surface area contributed by atoms with Gasteiger partial charge in [0.1, 0.15) is 0 Å². The zero-order chi connectivity index (χ0) is 14.7. The van der Waals surface area contributed by atoms with E-state index in [1.807, 2.05) is 18.2 Å². The summed E-state index contributed by atoms with van der Waals surface area (Å²) < 4.78 is 0. The van der Waals surface area contributed by atoms with Crippen LogP contribution in [-0.2, 0) is 17.1 Å². The third kappa shape index (κ3) is 6.69. The second-order valence-corrected chi connectivity index (χ2v) is 9.97. The van der Waals surface area contributed by atoms with Gasteiger partial charge in [-0.05, 0) is 17.8 Å². The Morgan fingerprint density at radius 1 is 0.700 bits per heavy atom. The topological polar surface area (TPSA) is 0 Å². The minimum absolute atomic E-state index is 0. The molecule has 0 N–H and O–H groups in total. The van der Waals surface area contributed by atoms with Crippen molar-refractivity contribution in [1.82, 2.24) is 0 Å². The van der Waals surface area contributed by atoms with E-state index in [0.29, 0.717) is 10.8 Å². The fourth-order valence-corrected chi connectivity index (χ4v) is 4.06. The molecule has 0 amide bonds. The summed E-state index contributed by atoms with van der Waals surface area (Å²) in [5, 5.41) is 3.35. The van der Waals surface area contributed by atoms with E-state index in [0.717, 1.165) is 0 Å². The first-order chi connectivity index (χ1) is 8.60. The van der Waals surface area contributed by atoms with E-state index < -0.39 is 0 Å². The van der Waals surface area contributed by atoms with Crippen molar-refractivity contribution < 1.29 is 17.1 Å². The molecule has 2 rings (SSSR count). The average molecular weight is 348 g/mol. The second kappa shape index (κ2) is 7.91. The molecule has 0 atom stereocenters. The van der Waals surface area contributed by atoms with Crippen LogP contribution in [0, 0.1) is 17.8 Å². The van der Waals surface area contributed by atoms with Gasteiger partial charge in [-0.15, -0.1) is 0 Å². The van der Waals surface area contributed by atoms with Crippen LogP contribution in [0.4, 0.5) is 0 Å². The average Bonchev–Trinajstić information content (AvgIpc) is 2.11. The third-order valence-corrected chi connectivity index (χ3v) is 7.44. The molecule has 1 aliphatic rings. The molecule has 112 valence electrons. The largest absolute Gasteiger partial charge is 0.0622 e. The number of hydrogen-bond acceptors (Lipinski definition) is 0. The van der Waals surface area contributed by atoms with Crippen molar-refractivity contribution in [3.63, 3.8) is 0 Å². The fourth-order valence-electron chi connectivity index (χ4n) is 1.41. The molecule has 0 radical (unpaired) electrons. The maximum absolute atomic E-state index is 2.31. The van der Waals surface area contributed by atoms with Gasteiger partial charge in [0, 0.05) is 27.1 Å². The summed E-state index contributed by atoms with van der Waals surface area (Å²) in [5.74, 6) is 0. The molecule has 1 aromatic rings. The minimum atomic E-state index is 0. The third-order valence-electron chi connectivity index (χ3n) is 2.71. The standard InChI is InChI=1S/C10H18P2.C7H8.Fe/c1-9(2,3)7-11-8(12-7)10(4,5)6;1-7-5-3-2-4-6-7;/h1-6H3;2-6H,1H3;. The summed E-state index contributed by atoms with van der Waals surface area (Å²) in [6.07, 6.45) is 0. The van der Waals surface area contributed by atoms with Crippen molar-refractivity contribution in [2.75, 3.05) is 0 Å². The summed E-state index contributed by atoms with van der Waals surface area (Å²) in [4.78, 5) is 0. The summed E-state index contributed by atoms with van der Waals surface area (Å²) in [6, 6.07) is 10.3. The molecule has 0 bridgehead atoms. The van der Waals surface area contributed by atoms with Gasteiger partial charge in [0.2, 0.25) is 0 Å². The van der Waals surface area contributed by atoms with Gasteiger partial charge >= 0.3 is 0 Å². The van der Waals surface area contributed by atoms with Crippen LogP contribution < -0.4 is 0 Å². The molecule has 0 aromatic heterocycles. The SMILES string of the molecule is CC(C)(C)C1=PC(C(C)(C)C)=P1.Cc1ccccc1.[Fe]. The smallest absolute Gasteiger partial charge is 0.0132 e. The van der Waals surface area contributed by atoms with Crippen LogP contribution in [0.5, 0.6) is 0 Å². The summed E-state index contributed by atoms with van der Waals surface area (Å²) in [5.41, 5.74) is 2.15. The Balaban J connectivity index is 0.000000387. The van der Waals surface area contributed by atoms with Crippen LogP contribution in [0.3, 0.4) is 0 Å². The first-order valence-corrected chi connectivity index (χ1v) is 8.59. The zero-order valence-electron chi connectivity index (χ0n) is 13.6. The predicted octanol–water partition coefficient (Wildman–Crippen LogP) is 6.24. The summed E-state index contributed by atoms with van der Waals surface area (Å²) >= 11 is 0. The monoisotopic (exact) mass is 348 g/mol. The van der Waals surface area contributed by atoms with Crippen molar-refractivity contribution in [2.24, 2.45) is 10.8 Å². The van der Waals surface area contributed by atoms with E-state index >= 15 is 0 Å². The number of hydrogen-bond donors (Lipinski definition) is 0. The van der Waals surface area contributed by atoms with Crippen molar-refractivity contribution in [2.45, 2.75) is 48.5 Å². The molecule has 0 aliphatic carbocycles. The molecule has 1 aliphatic heterocycles. The van der Waals surface area contributed by atoms with Crippen LogP contribution in [0.1, 0.15) is 47.1 Å². The first-order valence-electron chi connectivity index (χ1n) is 6.81. The Hall–Kier alpha value is 0.0795. The molecule has 1 aromatic carbocycles. The van der Waals surface area contributed by atoms with E-state index in [1.165, 1.54) is 22.0 Å². The van der Waals surface area contributed by atoms with Crippen LogP contribution in [0.15, 0.2) is 30.3 Å². The molecule has 0 spiro atoms. The maximum atomic E-state index is 2.31. The van der Waals surface area contributed by atoms with Gasteiger partial charge in [-0.1, -0.05) is 93.8 Å². The Labute approximate surface area is 138 Å². The maximum Gasteiger partial charge on any atom is 0.0132 e. The molecule has 3 heteroatoms. The summed E-state index contributed by atoms with van der Waals surface area (Å²) in [6.45, 7) is 15.9. The van der Waals surface area contributed by atoms with Gasteiger partial charge in [0.05, 0.1) is 0 Å². The molecule has 0 saturated heterocycles. The Kier molecular flexibility index (Phi) is 7.94. The van der Waals surface area contributed by atoms with Gasteiger partial charge in [-0.2, -0.15) is 0 Å². The van der Waals surface area contributed by atoms with E-state index in [1.54, 1.807) is 10.1 Å². The quantitative estimate of drug-likeness (QED) is 0.385. The van der Waals surface area contributed by atoms with Crippen LogP contribution >= 0.6 is 16.4 Å². The van der Waals surface area contributed by atoms with Crippen LogP contribution in [0.2, 0.25) is 0 Å². The van der Waals surface area contributed by atoms with Gasteiger partial charge in [-0.3, -0.25) is 0 Å². The van der Waals surface area contributed by atoms with E-state index in [4.69, 9.17) is 0 Å². The van der Waals surface area contributed by atoms with E-state index in [2.05, 4.69) is 60.6 Å². The molecule has 20 heavy (non-hydrogen) atoms. The van der Waals surface area contributed by atoms with Crippen molar-refractivity contribution >= 4 is 26.5 Å². The fraction of sp³-hybridized carbons (Fsp3) is 0.529. The van der Waals surface area contributed by atoms with E-state index in [9.17, 15) is 0 Å². The van der Waals surface area contributed by atoms with Gasteiger partial charge in [0.25, 0.3) is 0 Å². The van der Waals surface area contributed by atoms with Gasteiger partial charge < -0.3 is 0 Å². The number of benzene rings is 1. The number of rotatable bonds is 0. The minimum Gasteiger partial charge on any atom is -0.0622 e. The normalized spacial score (nSPS) is 15.6. The predicted molar refractivity (Wildman–Crippen MR) is 93.9 cm³/mol.